The lowest BCUT2D eigenvalue weighted by atomic mass is 10.0. The number of fused-ring (bicyclic) bond motifs is 1. The zero-order chi connectivity index (χ0) is 23.2. The van der Waals surface area contributed by atoms with Gasteiger partial charge in [-0.25, -0.2) is 9.59 Å². The Labute approximate surface area is 182 Å². The van der Waals surface area contributed by atoms with Gasteiger partial charge in [0.1, 0.15) is 17.7 Å². The number of nitrogens with zero attached hydrogens (tertiary/aromatic N) is 1. The van der Waals surface area contributed by atoms with Gasteiger partial charge in [-0.1, -0.05) is 32.0 Å². The van der Waals surface area contributed by atoms with Crippen LogP contribution in [0.4, 0.5) is 4.79 Å². The van der Waals surface area contributed by atoms with Crippen LogP contribution in [0.2, 0.25) is 0 Å². The average Bonchev–Trinajstić information content (AvgIpc) is 3.07. The Bertz CT molecular complexity index is 916. The second kappa shape index (κ2) is 10.3. The van der Waals surface area contributed by atoms with Crippen molar-refractivity contribution in [3.05, 3.63) is 30.0 Å². The first kappa shape index (κ1) is 24.2. The summed E-state index contributed by atoms with van der Waals surface area (Å²) < 4.78 is 10.2. The Balaban J connectivity index is 2.17. The number of H-pyrrole nitrogens is 1. The number of para-hydroxylation sites is 1. The highest BCUT2D eigenvalue weighted by Crippen LogP contribution is 2.17. The molecule has 0 fully saturated rings. The molecule has 0 aliphatic heterocycles. The highest BCUT2D eigenvalue weighted by Gasteiger charge is 2.30. The van der Waals surface area contributed by atoms with Gasteiger partial charge in [0.25, 0.3) is 0 Å². The van der Waals surface area contributed by atoms with E-state index in [1.54, 1.807) is 20.8 Å². The molecule has 31 heavy (non-hydrogen) atoms. The summed E-state index contributed by atoms with van der Waals surface area (Å²) in [6, 6.07) is 5.67. The van der Waals surface area contributed by atoms with Crippen molar-refractivity contribution in [1.82, 2.24) is 20.8 Å². The summed E-state index contributed by atoms with van der Waals surface area (Å²) in [7, 11) is 1.26. The lowest BCUT2D eigenvalue weighted by Gasteiger charge is -2.25. The van der Waals surface area contributed by atoms with Crippen molar-refractivity contribution in [1.29, 1.82) is 0 Å². The van der Waals surface area contributed by atoms with Gasteiger partial charge in [-0.15, -0.1) is 0 Å². The van der Waals surface area contributed by atoms with Crippen LogP contribution in [0.25, 0.3) is 10.9 Å². The van der Waals surface area contributed by atoms with E-state index in [1.165, 1.54) is 7.11 Å². The number of carbonyl (C=O) groups excluding carboxylic acids is 3. The first-order valence-corrected chi connectivity index (χ1v) is 10.3. The Morgan fingerprint density at radius 1 is 1.10 bits per heavy atom. The van der Waals surface area contributed by atoms with Crippen LogP contribution in [0.15, 0.2) is 24.3 Å². The molecule has 1 unspecified atom stereocenters. The molecule has 9 nitrogen and oxygen atoms in total. The number of methoxy groups -OCH3 is 1. The van der Waals surface area contributed by atoms with Gasteiger partial charge >= 0.3 is 12.1 Å². The van der Waals surface area contributed by atoms with Crippen LogP contribution in [0, 0.1) is 5.92 Å². The van der Waals surface area contributed by atoms with E-state index in [0.29, 0.717) is 12.1 Å². The topological polar surface area (TPSA) is 122 Å². The summed E-state index contributed by atoms with van der Waals surface area (Å²) in [5.41, 5.74) is 0.766. The van der Waals surface area contributed by atoms with Crippen molar-refractivity contribution >= 4 is 28.9 Å². The van der Waals surface area contributed by atoms with Gasteiger partial charge in [0.15, 0.2) is 0 Å². The number of rotatable bonds is 8. The van der Waals surface area contributed by atoms with Crippen molar-refractivity contribution in [2.75, 3.05) is 7.11 Å². The number of hydrogen-bond donors (Lipinski definition) is 3. The van der Waals surface area contributed by atoms with E-state index in [-0.39, 0.29) is 12.3 Å². The normalized spacial score (nSPS) is 13.5. The molecule has 2 amide bonds. The molecule has 0 aliphatic rings. The third-order valence-corrected chi connectivity index (χ3v) is 4.47. The highest BCUT2D eigenvalue weighted by molar-refractivity contribution is 5.90. The highest BCUT2D eigenvalue weighted by atomic mass is 16.6. The van der Waals surface area contributed by atoms with Crippen LogP contribution in [0.1, 0.15) is 46.7 Å². The molecular weight excluding hydrogens is 400 g/mol. The summed E-state index contributed by atoms with van der Waals surface area (Å²) in [5, 5.41) is 13.3. The van der Waals surface area contributed by atoms with Crippen molar-refractivity contribution in [2.45, 2.75) is 65.1 Å². The van der Waals surface area contributed by atoms with Gasteiger partial charge in [-0.05, 0) is 39.2 Å². The number of hydrogen-bond acceptors (Lipinski definition) is 6. The fraction of sp³-hybridized carbons (Fsp3) is 0.545. The first-order valence-electron chi connectivity index (χ1n) is 10.3. The number of amides is 2. The first-order chi connectivity index (χ1) is 14.5. The molecule has 3 N–H and O–H groups in total. The number of aromatic nitrogens is 2. The fourth-order valence-electron chi connectivity index (χ4n) is 3.13. The summed E-state index contributed by atoms with van der Waals surface area (Å²) >= 11 is 0. The molecule has 0 spiro atoms. The van der Waals surface area contributed by atoms with Gasteiger partial charge in [0.05, 0.1) is 12.6 Å². The van der Waals surface area contributed by atoms with Crippen LogP contribution in [0.5, 0.6) is 0 Å². The number of carbonyl (C=O) groups is 3. The molecule has 1 aromatic carbocycles. The predicted molar refractivity (Wildman–Crippen MR) is 116 cm³/mol. The second-order valence-corrected chi connectivity index (χ2v) is 8.84. The Morgan fingerprint density at radius 3 is 2.39 bits per heavy atom. The molecular formula is C22H32N4O5. The van der Waals surface area contributed by atoms with Gasteiger partial charge in [-0.2, -0.15) is 5.10 Å². The van der Waals surface area contributed by atoms with Crippen molar-refractivity contribution in [3.63, 3.8) is 0 Å². The third-order valence-electron chi connectivity index (χ3n) is 4.47. The number of ether oxygens (including phenoxy) is 2. The third kappa shape index (κ3) is 7.27. The van der Waals surface area contributed by atoms with E-state index >= 15 is 0 Å². The molecule has 2 rings (SSSR count). The maximum Gasteiger partial charge on any atom is 0.408 e. The van der Waals surface area contributed by atoms with Gasteiger partial charge < -0.3 is 20.1 Å². The van der Waals surface area contributed by atoms with Gasteiger partial charge in [0, 0.05) is 17.5 Å². The summed E-state index contributed by atoms with van der Waals surface area (Å²) in [6.45, 7) is 9.10. The van der Waals surface area contributed by atoms with Crippen molar-refractivity contribution in [3.8, 4) is 0 Å². The lowest BCUT2D eigenvalue weighted by Crippen LogP contribution is -2.53. The molecule has 0 saturated carbocycles. The van der Waals surface area contributed by atoms with Crippen LogP contribution >= 0.6 is 0 Å². The monoisotopic (exact) mass is 432 g/mol. The SMILES string of the molecule is COC(=O)C(Cc1[nH]nc2ccccc12)NC(=O)[C@H](CC(C)C)NC(=O)OC(C)(C)C. The van der Waals surface area contributed by atoms with Crippen LogP contribution in [-0.4, -0.2) is 53.0 Å². The van der Waals surface area contributed by atoms with E-state index in [9.17, 15) is 14.4 Å². The van der Waals surface area contributed by atoms with E-state index < -0.39 is 35.7 Å². The molecule has 0 radical (unpaired) electrons. The fourth-order valence-corrected chi connectivity index (χ4v) is 3.13. The zero-order valence-corrected chi connectivity index (χ0v) is 18.9. The minimum atomic E-state index is -0.948. The molecule has 2 atom stereocenters. The number of alkyl carbamates (subject to hydrolysis) is 1. The van der Waals surface area contributed by atoms with E-state index in [4.69, 9.17) is 9.47 Å². The molecule has 0 saturated heterocycles. The standard InChI is InChI=1S/C22H32N4O5/c1-13(2)11-17(24-21(29)31-22(3,4)5)19(27)23-18(20(28)30-6)12-16-14-9-7-8-10-15(14)25-26-16/h7-10,13,17-18H,11-12H2,1-6H3,(H,23,27)(H,24,29)(H,25,26)/t17-,18?/m0/s1. The van der Waals surface area contributed by atoms with Gasteiger partial charge in [-0.3, -0.25) is 9.89 Å². The van der Waals surface area contributed by atoms with Crippen LogP contribution in [-0.2, 0) is 25.5 Å². The maximum atomic E-state index is 13.0. The Kier molecular flexibility index (Phi) is 8.01. The minimum Gasteiger partial charge on any atom is -0.467 e. The largest absolute Gasteiger partial charge is 0.467 e. The minimum absolute atomic E-state index is 0.124. The molecule has 1 aromatic heterocycles. The molecule has 0 bridgehead atoms. The van der Waals surface area contributed by atoms with E-state index in [2.05, 4.69) is 20.8 Å². The molecule has 0 aliphatic carbocycles. The molecule has 2 aromatic rings. The van der Waals surface area contributed by atoms with E-state index in [1.807, 2.05) is 38.1 Å². The smallest absolute Gasteiger partial charge is 0.408 e. The summed E-state index contributed by atoms with van der Waals surface area (Å²) in [6.07, 6.45) is -0.145. The summed E-state index contributed by atoms with van der Waals surface area (Å²) in [5.74, 6) is -0.954. The summed E-state index contributed by atoms with van der Waals surface area (Å²) in [4.78, 5) is 37.6. The Morgan fingerprint density at radius 2 is 1.77 bits per heavy atom. The predicted octanol–water partition coefficient (Wildman–Crippen LogP) is 2.70. The number of benzene rings is 1. The average molecular weight is 433 g/mol. The number of nitrogens with one attached hydrogen (secondary N) is 3. The van der Waals surface area contributed by atoms with Crippen LogP contribution in [0.3, 0.4) is 0 Å². The number of esters is 1. The van der Waals surface area contributed by atoms with Crippen LogP contribution < -0.4 is 10.6 Å². The van der Waals surface area contributed by atoms with Crippen molar-refractivity contribution in [2.24, 2.45) is 5.92 Å². The maximum absolute atomic E-state index is 13.0. The van der Waals surface area contributed by atoms with E-state index in [0.717, 1.165) is 10.9 Å². The number of aromatic amines is 1. The molecule has 9 heteroatoms. The molecule has 1 heterocycles. The second-order valence-electron chi connectivity index (χ2n) is 8.84. The van der Waals surface area contributed by atoms with Crippen molar-refractivity contribution < 1.29 is 23.9 Å². The van der Waals surface area contributed by atoms with Gasteiger partial charge in [0.2, 0.25) is 5.91 Å². The molecule has 170 valence electrons. The Hall–Kier alpha value is -3.10. The quantitative estimate of drug-likeness (QED) is 0.551. The lowest BCUT2D eigenvalue weighted by molar-refractivity contribution is -0.145. The zero-order valence-electron chi connectivity index (χ0n) is 18.9.